The first kappa shape index (κ1) is 20.6. The Morgan fingerprint density at radius 2 is 1.81 bits per heavy atom. The third-order valence-corrected chi connectivity index (χ3v) is 6.18. The number of nitriles is 1. The predicted molar refractivity (Wildman–Crippen MR) is 122 cm³/mol. The predicted octanol–water partition coefficient (Wildman–Crippen LogP) is 3.54. The summed E-state index contributed by atoms with van der Waals surface area (Å²) in [5.41, 5.74) is 2.85. The first-order valence-corrected chi connectivity index (χ1v) is 10.8. The molecule has 1 N–H and O–H groups in total. The second-order valence-electron chi connectivity index (χ2n) is 7.15. The van der Waals surface area contributed by atoms with Gasteiger partial charge >= 0.3 is 0 Å². The van der Waals surface area contributed by atoms with E-state index in [2.05, 4.69) is 32.3 Å². The minimum Gasteiger partial charge on any atom is -0.347 e. The Morgan fingerprint density at radius 3 is 2.48 bits per heavy atom. The number of amides is 1. The second-order valence-corrected chi connectivity index (χ2v) is 8.13. The lowest BCUT2D eigenvalue weighted by atomic mass is 10.2. The maximum Gasteiger partial charge on any atom is 0.263 e. The van der Waals surface area contributed by atoms with Crippen LogP contribution >= 0.6 is 11.3 Å². The van der Waals surface area contributed by atoms with Crippen molar-refractivity contribution < 1.29 is 4.79 Å². The van der Waals surface area contributed by atoms with E-state index in [0.29, 0.717) is 41.3 Å². The molecule has 0 saturated carbocycles. The Labute approximate surface area is 185 Å². The number of aromatic nitrogens is 1. The number of guanidine groups is 1. The molecule has 7 nitrogen and oxygen atoms in total. The van der Waals surface area contributed by atoms with Crippen molar-refractivity contribution in [2.75, 3.05) is 18.0 Å². The molecule has 0 unspecified atom stereocenters. The van der Waals surface area contributed by atoms with E-state index in [4.69, 9.17) is 0 Å². The van der Waals surface area contributed by atoms with Gasteiger partial charge in [-0.05, 0) is 18.1 Å². The fourth-order valence-corrected chi connectivity index (χ4v) is 4.48. The van der Waals surface area contributed by atoms with Crippen LogP contribution in [0.15, 0.2) is 65.7 Å². The monoisotopic (exact) mass is 430 g/mol. The summed E-state index contributed by atoms with van der Waals surface area (Å²) in [6, 6.07) is 19.9. The van der Waals surface area contributed by atoms with E-state index >= 15 is 0 Å². The number of carbonyl (C=O) groups is 1. The van der Waals surface area contributed by atoms with Crippen LogP contribution in [0.2, 0.25) is 0 Å². The van der Waals surface area contributed by atoms with Gasteiger partial charge in [0.25, 0.3) is 5.91 Å². The molecule has 4 rings (SSSR count). The lowest BCUT2D eigenvalue weighted by Gasteiger charge is -2.20. The van der Waals surface area contributed by atoms with Gasteiger partial charge in [-0.1, -0.05) is 72.0 Å². The largest absolute Gasteiger partial charge is 0.347 e. The molecular weight excluding hydrogens is 408 g/mol. The highest BCUT2D eigenvalue weighted by atomic mass is 32.1. The van der Waals surface area contributed by atoms with Crippen LogP contribution in [0, 0.1) is 18.4 Å². The van der Waals surface area contributed by atoms with Gasteiger partial charge in [-0.3, -0.25) is 9.69 Å². The smallest absolute Gasteiger partial charge is 0.263 e. The van der Waals surface area contributed by atoms with Gasteiger partial charge < -0.3 is 10.2 Å². The van der Waals surface area contributed by atoms with Crippen LogP contribution in [0.3, 0.4) is 0 Å². The number of anilines is 1. The third kappa shape index (κ3) is 4.73. The van der Waals surface area contributed by atoms with Crippen molar-refractivity contribution >= 4 is 28.3 Å². The van der Waals surface area contributed by atoms with Crippen LogP contribution in [-0.2, 0) is 13.1 Å². The van der Waals surface area contributed by atoms with Crippen molar-refractivity contribution in [3.05, 3.63) is 82.4 Å². The zero-order chi connectivity index (χ0) is 21.6. The van der Waals surface area contributed by atoms with E-state index < -0.39 is 0 Å². The van der Waals surface area contributed by atoms with Crippen LogP contribution in [-0.4, -0.2) is 34.8 Å². The van der Waals surface area contributed by atoms with Crippen molar-refractivity contribution in [3.8, 4) is 6.19 Å². The molecule has 0 aliphatic carbocycles. The lowest BCUT2D eigenvalue weighted by Crippen LogP contribution is -2.33. The summed E-state index contributed by atoms with van der Waals surface area (Å²) in [5.74, 6) is 0.417. The zero-order valence-electron chi connectivity index (χ0n) is 17.2. The highest BCUT2D eigenvalue weighted by Gasteiger charge is 2.31. The van der Waals surface area contributed by atoms with Gasteiger partial charge in [0, 0.05) is 26.2 Å². The van der Waals surface area contributed by atoms with Gasteiger partial charge in [0.05, 0.1) is 5.69 Å². The molecule has 0 spiro atoms. The van der Waals surface area contributed by atoms with Crippen molar-refractivity contribution in [2.45, 2.75) is 20.0 Å². The number of nitrogens with one attached hydrogen (secondary N) is 1. The van der Waals surface area contributed by atoms with Gasteiger partial charge in [0.2, 0.25) is 12.2 Å². The number of benzene rings is 2. The van der Waals surface area contributed by atoms with E-state index in [-0.39, 0.29) is 5.91 Å². The Bertz CT molecular complexity index is 1120. The summed E-state index contributed by atoms with van der Waals surface area (Å²) in [6.07, 6.45) is 1.91. The molecule has 1 amide bonds. The summed E-state index contributed by atoms with van der Waals surface area (Å²) < 4.78 is 0. The van der Waals surface area contributed by atoms with E-state index in [1.807, 2.05) is 66.5 Å². The van der Waals surface area contributed by atoms with Crippen molar-refractivity contribution in [1.29, 1.82) is 5.26 Å². The topological polar surface area (TPSA) is 84.6 Å². The normalized spacial score (nSPS) is 14.6. The number of hydrogen-bond donors (Lipinski definition) is 1. The quantitative estimate of drug-likeness (QED) is 0.605. The molecule has 0 bridgehead atoms. The Morgan fingerprint density at radius 1 is 1.13 bits per heavy atom. The minimum absolute atomic E-state index is 0.149. The van der Waals surface area contributed by atoms with E-state index in [0.717, 1.165) is 17.7 Å². The van der Waals surface area contributed by atoms with Crippen molar-refractivity contribution in [2.24, 2.45) is 4.99 Å². The second kappa shape index (κ2) is 9.41. The van der Waals surface area contributed by atoms with Gasteiger partial charge in [-0.25, -0.2) is 4.98 Å². The van der Waals surface area contributed by atoms with Gasteiger partial charge in [-0.2, -0.15) is 5.26 Å². The van der Waals surface area contributed by atoms with E-state index in [1.54, 1.807) is 0 Å². The van der Waals surface area contributed by atoms with Gasteiger partial charge in [-0.15, -0.1) is 4.99 Å². The first-order chi connectivity index (χ1) is 15.2. The van der Waals surface area contributed by atoms with Crippen LogP contribution in [0.1, 0.15) is 26.5 Å². The molecular formula is C23H22N6OS. The summed E-state index contributed by atoms with van der Waals surface area (Å²) in [6.45, 7) is 4.33. The van der Waals surface area contributed by atoms with E-state index in [9.17, 15) is 10.1 Å². The maximum atomic E-state index is 12.7. The van der Waals surface area contributed by atoms with Crippen LogP contribution < -0.4 is 10.2 Å². The Balaban J connectivity index is 1.49. The minimum atomic E-state index is -0.149. The molecule has 1 aliphatic rings. The molecule has 1 fully saturated rings. The fourth-order valence-electron chi connectivity index (χ4n) is 3.47. The standard InChI is InChI=1S/C23H22N6OS/c1-17-20(21(30)25-14-18-8-4-2-5-9-18)31-23(27-17)29-13-12-28(22(29)26-16-24)15-19-10-6-3-7-11-19/h2-11H,12-15H2,1H3,(H,25,30). The first-order valence-electron chi connectivity index (χ1n) is 9.98. The average Bonchev–Trinajstić information content (AvgIpc) is 3.37. The molecule has 2 aromatic carbocycles. The number of nitrogens with zero attached hydrogens (tertiary/aromatic N) is 5. The highest BCUT2D eigenvalue weighted by molar-refractivity contribution is 7.17. The SMILES string of the molecule is Cc1nc(N2CCN(Cc3ccccc3)C2=NC#N)sc1C(=O)NCc1ccccc1. The van der Waals surface area contributed by atoms with Gasteiger partial charge in [0.1, 0.15) is 4.88 Å². The van der Waals surface area contributed by atoms with Crippen LogP contribution in [0.4, 0.5) is 5.13 Å². The highest BCUT2D eigenvalue weighted by Crippen LogP contribution is 2.29. The number of aliphatic imine (C=N–C) groups is 1. The van der Waals surface area contributed by atoms with Crippen molar-refractivity contribution in [1.82, 2.24) is 15.2 Å². The molecule has 0 atom stereocenters. The number of carbonyl (C=O) groups excluding carboxylic acids is 1. The number of rotatable bonds is 6. The maximum absolute atomic E-state index is 12.7. The number of thiazole rings is 1. The lowest BCUT2D eigenvalue weighted by molar-refractivity contribution is 0.0954. The number of hydrogen-bond acceptors (Lipinski definition) is 5. The Kier molecular flexibility index (Phi) is 6.24. The molecule has 8 heteroatoms. The molecule has 156 valence electrons. The van der Waals surface area contributed by atoms with Gasteiger partial charge in [0.15, 0.2) is 5.13 Å². The van der Waals surface area contributed by atoms with Crippen LogP contribution in [0.25, 0.3) is 0 Å². The summed E-state index contributed by atoms with van der Waals surface area (Å²) in [7, 11) is 0. The summed E-state index contributed by atoms with van der Waals surface area (Å²) in [5, 5.41) is 12.9. The molecule has 2 heterocycles. The zero-order valence-corrected chi connectivity index (χ0v) is 18.0. The molecule has 0 radical (unpaired) electrons. The molecule has 1 aromatic heterocycles. The number of aryl methyl sites for hydroxylation is 1. The summed E-state index contributed by atoms with van der Waals surface area (Å²) in [4.78, 5) is 25.9. The summed E-state index contributed by atoms with van der Waals surface area (Å²) >= 11 is 1.32. The Hall–Kier alpha value is -3.70. The fraction of sp³-hybridized carbons (Fsp3) is 0.217. The van der Waals surface area contributed by atoms with Crippen molar-refractivity contribution in [3.63, 3.8) is 0 Å². The molecule has 1 aliphatic heterocycles. The molecule has 1 saturated heterocycles. The van der Waals surface area contributed by atoms with E-state index in [1.165, 1.54) is 11.3 Å². The average molecular weight is 431 g/mol. The molecule has 3 aromatic rings. The molecule has 31 heavy (non-hydrogen) atoms. The van der Waals surface area contributed by atoms with Crippen LogP contribution in [0.5, 0.6) is 0 Å². The third-order valence-electron chi connectivity index (χ3n) is 5.00.